The van der Waals surface area contributed by atoms with Gasteiger partial charge in [0.05, 0.1) is 17.1 Å². The van der Waals surface area contributed by atoms with Crippen LogP contribution in [0.25, 0.3) is 0 Å². The molecule has 3 rings (SSSR count). The Bertz CT molecular complexity index is 1250. The van der Waals surface area contributed by atoms with Crippen molar-refractivity contribution in [1.82, 2.24) is 9.03 Å². The molecule has 0 saturated carbocycles. The molecule has 1 aromatic heterocycles. The van der Waals surface area contributed by atoms with Crippen LogP contribution in [0, 0.1) is 11.7 Å². The van der Waals surface area contributed by atoms with Gasteiger partial charge in [-0.25, -0.2) is 25.9 Å². The predicted octanol–water partition coefficient (Wildman–Crippen LogP) is 1.81. The molecule has 1 saturated heterocycles. The number of esters is 1. The molecule has 0 aliphatic carbocycles. The lowest BCUT2D eigenvalue weighted by molar-refractivity contribution is -0.148. The van der Waals surface area contributed by atoms with Gasteiger partial charge in [-0.05, 0) is 43.5 Å². The highest BCUT2D eigenvalue weighted by molar-refractivity contribution is 7.89. The summed E-state index contributed by atoms with van der Waals surface area (Å²) >= 11 is 1.20. The summed E-state index contributed by atoms with van der Waals surface area (Å²) in [6.07, 6.45) is 1.91. The smallest absolute Gasteiger partial charge is 0.309 e. The van der Waals surface area contributed by atoms with Gasteiger partial charge in [0.1, 0.15) is 10.7 Å². The summed E-state index contributed by atoms with van der Waals surface area (Å²) in [6, 6.07) is 8.45. The van der Waals surface area contributed by atoms with Gasteiger partial charge in [-0.1, -0.05) is 12.1 Å². The zero-order valence-corrected chi connectivity index (χ0v) is 20.8. The molecular weight excluding hydrogens is 507 g/mol. The molecule has 1 aromatic carbocycles. The molecule has 0 unspecified atom stereocenters. The average Bonchev–Trinajstić information content (AvgIpc) is 3.25. The highest BCUT2D eigenvalue weighted by Crippen LogP contribution is 2.26. The Kier molecular flexibility index (Phi) is 8.57. The maximum absolute atomic E-state index is 13.9. The minimum Gasteiger partial charge on any atom is -0.457 e. The third-order valence-electron chi connectivity index (χ3n) is 5.26. The molecule has 0 spiro atoms. The number of Topliss-reactive ketones (excluding diaryl/α,β-unsaturated/α-hetero) is 1. The normalized spacial score (nSPS) is 15.8. The van der Waals surface area contributed by atoms with E-state index in [0.717, 1.165) is 21.5 Å². The van der Waals surface area contributed by atoms with Crippen molar-refractivity contribution >= 4 is 43.1 Å². The van der Waals surface area contributed by atoms with Crippen molar-refractivity contribution < 1.29 is 35.6 Å². The summed E-state index contributed by atoms with van der Waals surface area (Å²) in [5, 5.41) is 0. The number of hydrogen-bond acceptors (Lipinski definition) is 8. The summed E-state index contributed by atoms with van der Waals surface area (Å²) in [5.41, 5.74) is 0. The summed E-state index contributed by atoms with van der Waals surface area (Å²) in [5.74, 6) is -2.34. The first-order valence-electron chi connectivity index (χ1n) is 10.5. The molecule has 9 nitrogen and oxygen atoms in total. The molecule has 34 heavy (non-hydrogen) atoms. The second kappa shape index (κ2) is 11.0. The average molecular weight is 533 g/mol. The number of benzene rings is 1. The highest BCUT2D eigenvalue weighted by atomic mass is 32.2. The molecule has 1 N–H and O–H groups in total. The Morgan fingerprint density at radius 2 is 1.79 bits per heavy atom. The van der Waals surface area contributed by atoms with Crippen molar-refractivity contribution in [2.24, 2.45) is 5.92 Å². The Morgan fingerprint density at radius 1 is 1.12 bits per heavy atom. The number of thiophene rings is 1. The summed E-state index contributed by atoms with van der Waals surface area (Å²) in [7, 11) is -7.28. The van der Waals surface area contributed by atoms with Crippen LogP contribution < -0.4 is 4.72 Å². The van der Waals surface area contributed by atoms with E-state index in [1.54, 1.807) is 12.1 Å². The monoisotopic (exact) mass is 532 g/mol. The second-order valence-corrected chi connectivity index (χ2v) is 12.7. The van der Waals surface area contributed by atoms with E-state index in [9.17, 15) is 30.8 Å². The van der Waals surface area contributed by atoms with E-state index in [1.807, 2.05) is 0 Å². The van der Waals surface area contributed by atoms with Gasteiger partial charge in [0.15, 0.2) is 6.61 Å². The molecule has 0 radical (unpaired) electrons. The van der Waals surface area contributed by atoms with Gasteiger partial charge in [-0.15, -0.1) is 11.3 Å². The van der Waals surface area contributed by atoms with E-state index < -0.39 is 49.3 Å². The lowest BCUT2D eigenvalue weighted by Gasteiger charge is -2.30. The fourth-order valence-electron chi connectivity index (χ4n) is 3.47. The molecule has 0 bridgehead atoms. The number of piperidine rings is 1. The van der Waals surface area contributed by atoms with Gasteiger partial charge in [-0.3, -0.25) is 9.59 Å². The topological polar surface area (TPSA) is 127 Å². The number of nitrogens with one attached hydrogen (secondary N) is 1. The van der Waals surface area contributed by atoms with Gasteiger partial charge in [0, 0.05) is 24.5 Å². The quantitative estimate of drug-likeness (QED) is 0.365. The van der Waals surface area contributed by atoms with Crippen LogP contribution in [0.4, 0.5) is 4.39 Å². The summed E-state index contributed by atoms with van der Waals surface area (Å²) in [6.45, 7) is -0.137. The number of sulfonamides is 2. The molecule has 1 aliphatic rings. The van der Waals surface area contributed by atoms with Gasteiger partial charge in [0.2, 0.25) is 25.8 Å². The van der Waals surface area contributed by atoms with Gasteiger partial charge in [0.25, 0.3) is 0 Å². The number of halogens is 1. The molecule has 2 aromatic rings. The van der Waals surface area contributed by atoms with Crippen LogP contribution in [0.2, 0.25) is 0 Å². The van der Waals surface area contributed by atoms with Crippen molar-refractivity contribution in [2.45, 2.75) is 24.2 Å². The van der Waals surface area contributed by atoms with Crippen molar-refractivity contribution in [1.29, 1.82) is 0 Å². The molecule has 0 amide bonds. The highest BCUT2D eigenvalue weighted by Gasteiger charge is 2.34. The first-order valence-corrected chi connectivity index (χ1v) is 14.6. The maximum Gasteiger partial charge on any atom is 0.309 e. The largest absolute Gasteiger partial charge is 0.457 e. The minimum atomic E-state index is -4.00. The fourth-order valence-corrected chi connectivity index (χ4v) is 6.41. The van der Waals surface area contributed by atoms with E-state index in [4.69, 9.17) is 4.74 Å². The Hall–Kier alpha value is -2.19. The SMILES string of the molecule is CS(=O)(=O)NCCc1ccc(C(=O)COC(=O)C2CCN(S(=O)(=O)c3ccccc3F)CC2)s1. The first kappa shape index (κ1) is 26.4. The van der Waals surface area contributed by atoms with Gasteiger partial charge in [-0.2, -0.15) is 4.31 Å². The molecule has 1 aliphatic heterocycles. The fraction of sp³-hybridized carbons (Fsp3) is 0.429. The lowest BCUT2D eigenvalue weighted by atomic mass is 9.98. The second-order valence-electron chi connectivity index (χ2n) is 7.82. The van der Waals surface area contributed by atoms with E-state index >= 15 is 0 Å². The standard InChI is InChI=1S/C21H25FN2O7S3/c1-33(27,28)23-11-8-16-6-7-19(32-16)18(25)14-31-21(26)15-9-12-24(13-10-15)34(29,30)20-5-3-2-4-17(20)22/h2-7,15,23H,8-14H2,1H3. The minimum absolute atomic E-state index is 0.0418. The Labute approximate surface area is 202 Å². The third kappa shape index (κ3) is 6.92. The Morgan fingerprint density at radius 3 is 2.44 bits per heavy atom. The van der Waals surface area contributed by atoms with Crippen LogP contribution in [0.5, 0.6) is 0 Å². The molecule has 186 valence electrons. The lowest BCUT2D eigenvalue weighted by Crippen LogP contribution is -2.41. The molecule has 1 fully saturated rings. The summed E-state index contributed by atoms with van der Waals surface area (Å²) < 4.78 is 70.1. The molecule has 13 heteroatoms. The number of carbonyl (C=O) groups is 2. The predicted molar refractivity (Wildman–Crippen MR) is 124 cm³/mol. The molecule has 0 atom stereocenters. The van der Waals surface area contributed by atoms with Crippen LogP contribution in [0.3, 0.4) is 0 Å². The summed E-state index contributed by atoms with van der Waals surface area (Å²) in [4.78, 5) is 25.6. The van der Waals surface area contributed by atoms with Crippen LogP contribution in [-0.2, 0) is 36.0 Å². The number of rotatable bonds is 10. The number of hydrogen-bond donors (Lipinski definition) is 1. The van der Waals surface area contributed by atoms with Crippen molar-refractivity contribution in [3.05, 3.63) is 52.0 Å². The van der Waals surface area contributed by atoms with Crippen LogP contribution in [0.1, 0.15) is 27.4 Å². The molecular formula is C21H25FN2O7S3. The third-order valence-corrected chi connectivity index (χ3v) is 9.11. The number of ether oxygens (including phenoxy) is 1. The zero-order chi connectivity index (χ0) is 24.9. The van der Waals surface area contributed by atoms with Crippen LogP contribution in [-0.4, -0.2) is 65.4 Å². The van der Waals surface area contributed by atoms with Crippen LogP contribution >= 0.6 is 11.3 Å². The Balaban J connectivity index is 1.47. The number of carbonyl (C=O) groups excluding carboxylic acids is 2. The van der Waals surface area contributed by atoms with Crippen LogP contribution in [0.15, 0.2) is 41.3 Å². The van der Waals surface area contributed by atoms with Gasteiger partial charge >= 0.3 is 5.97 Å². The van der Waals surface area contributed by atoms with Gasteiger partial charge < -0.3 is 4.74 Å². The van der Waals surface area contributed by atoms with E-state index in [0.29, 0.717) is 11.3 Å². The van der Waals surface area contributed by atoms with E-state index in [2.05, 4.69) is 4.72 Å². The zero-order valence-electron chi connectivity index (χ0n) is 18.4. The van der Waals surface area contributed by atoms with E-state index in [-0.39, 0.29) is 38.3 Å². The number of ketones is 1. The van der Waals surface area contributed by atoms with Crippen molar-refractivity contribution in [3.63, 3.8) is 0 Å². The maximum atomic E-state index is 13.9. The van der Waals surface area contributed by atoms with Crippen molar-refractivity contribution in [2.75, 3.05) is 32.5 Å². The number of nitrogens with zero attached hydrogens (tertiary/aromatic N) is 1. The van der Waals surface area contributed by atoms with Crippen molar-refractivity contribution in [3.8, 4) is 0 Å². The molecule has 2 heterocycles. The first-order chi connectivity index (χ1) is 16.0. The van der Waals surface area contributed by atoms with E-state index in [1.165, 1.54) is 29.5 Å².